The maximum Gasteiger partial charge on any atom is 0.276 e. The number of halogens is 1. The second kappa shape index (κ2) is 8.98. The lowest BCUT2D eigenvalue weighted by Gasteiger charge is -2.35. The minimum Gasteiger partial charge on any atom is -0.285 e. The molecule has 1 aliphatic rings. The molecule has 0 radical (unpaired) electrons. The lowest BCUT2D eigenvalue weighted by atomic mass is 10.1. The summed E-state index contributed by atoms with van der Waals surface area (Å²) >= 11 is 11.3. The fourth-order valence-corrected chi connectivity index (χ4v) is 3.46. The van der Waals surface area contributed by atoms with Crippen molar-refractivity contribution in [3.05, 3.63) is 87.0 Å². The molecule has 9 heteroatoms. The lowest BCUT2D eigenvalue weighted by molar-refractivity contribution is -0.385. The van der Waals surface area contributed by atoms with Crippen LogP contribution in [0.15, 0.2) is 66.3 Å². The first-order valence-corrected chi connectivity index (χ1v) is 9.71. The number of amides is 2. The van der Waals surface area contributed by atoms with Gasteiger partial charge in [0.05, 0.1) is 16.2 Å². The van der Waals surface area contributed by atoms with Gasteiger partial charge >= 0.3 is 0 Å². The zero-order chi connectivity index (χ0) is 21.8. The van der Waals surface area contributed by atoms with Crippen LogP contribution < -0.4 is 4.90 Å². The number of thiocarbonyl (C=S) groups is 1. The molecule has 1 saturated heterocycles. The largest absolute Gasteiger partial charge is 0.285 e. The van der Waals surface area contributed by atoms with E-state index in [1.807, 2.05) is 0 Å². The molecule has 3 rings (SSSR count). The molecule has 0 saturated carbocycles. The molecule has 0 N–H and O–H groups in total. The molecule has 1 aliphatic heterocycles. The summed E-state index contributed by atoms with van der Waals surface area (Å²) in [6, 6.07) is 12.7. The van der Waals surface area contributed by atoms with Crippen LogP contribution in [0.3, 0.4) is 0 Å². The zero-order valence-corrected chi connectivity index (χ0v) is 17.4. The molecule has 0 unspecified atom stereocenters. The number of carbonyl (C=O) groups excluding carboxylic acids is 2. The Labute approximate surface area is 183 Å². The molecule has 0 aliphatic carbocycles. The van der Waals surface area contributed by atoms with Gasteiger partial charge < -0.3 is 0 Å². The smallest absolute Gasteiger partial charge is 0.276 e. The SMILES string of the molecule is CCN1C(=O)/C(=C\C=C\c2ccccc2[N+](=O)[O-])C(=O)N(c2ccc(Cl)cc2)C1=S. The van der Waals surface area contributed by atoms with Crippen molar-refractivity contribution < 1.29 is 14.5 Å². The first-order chi connectivity index (χ1) is 14.3. The molecule has 0 spiro atoms. The Kier molecular flexibility index (Phi) is 6.39. The minimum absolute atomic E-state index is 0.0763. The third-order valence-corrected chi connectivity index (χ3v) is 5.06. The number of nitro benzene ring substituents is 1. The van der Waals surface area contributed by atoms with Crippen molar-refractivity contribution >= 4 is 58.2 Å². The van der Waals surface area contributed by atoms with E-state index in [1.165, 1.54) is 34.1 Å². The van der Waals surface area contributed by atoms with Crippen LogP contribution >= 0.6 is 23.8 Å². The van der Waals surface area contributed by atoms with Gasteiger partial charge in [0.1, 0.15) is 5.57 Å². The summed E-state index contributed by atoms with van der Waals surface area (Å²) in [4.78, 5) is 39.1. The van der Waals surface area contributed by atoms with Gasteiger partial charge in [-0.3, -0.25) is 29.5 Å². The summed E-state index contributed by atoms with van der Waals surface area (Å²) in [6.07, 6.45) is 4.26. The number of benzene rings is 2. The van der Waals surface area contributed by atoms with E-state index in [2.05, 4.69) is 0 Å². The van der Waals surface area contributed by atoms with Crippen molar-refractivity contribution in [2.75, 3.05) is 11.4 Å². The molecule has 7 nitrogen and oxygen atoms in total. The number of nitrogens with zero attached hydrogens (tertiary/aromatic N) is 3. The quantitative estimate of drug-likeness (QED) is 0.226. The summed E-state index contributed by atoms with van der Waals surface area (Å²) in [6.45, 7) is 2.03. The third kappa shape index (κ3) is 4.14. The summed E-state index contributed by atoms with van der Waals surface area (Å²) in [5.41, 5.74) is 0.657. The van der Waals surface area contributed by atoms with Crippen LogP contribution in [0, 0.1) is 10.1 Å². The van der Waals surface area contributed by atoms with Gasteiger partial charge in [-0.15, -0.1) is 0 Å². The Balaban J connectivity index is 1.99. The number of likely N-dealkylation sites (N-methyl/N-ethyl adjacent to an activating group) is 1. The molecular formula is C21H16ClN3O4S. The summed E-state index contributed by atoms with van der Waals surface area (Å²) in [5, 5.41) is 11.7. The van der Waals surface area contributed by atoms with Crippen LogP contribution in [0.2, 0.25) is 5.02 Å². The minimum atomic E-state index is -0.579. The molecule has 0 atom stereocenters. The average molecular weight is 442 g/mol. The third-order valence-electron chi connectivity index (χ3n) is 4.40. The number of anilines is 1. The van der Waals surface area contributed by atoms with Crippen molar-refractivity contribution in [1.29, 1.82) is 0 Å². The van der Waals surface area contributed by atoms with Gasteiger partial charge in [0, 0.05) is 17.6 Å². The van der Waals surface area contributed by atoms with Gasteiger partial charge in [0.15, 0.2) is 5.11 Å². The number of para-hydroxylation sites is 1. The van der Waals surface area contributed by atoms with Gasteiger partial charge in [-0.25, -0.2) is 0 Å². The van der Waals surface area contributed by atoms with Gasteiger partial charge in [0.25, 0.3) is 17.5 Å². The van der Waals surface area contributed by atoms with Gasteiger partial charge in [-0.2, -0.15) is 0 Å². The second-order valence-corrected chi connectivity index (χ2v) is 7.01. The molecule has 0 aromatic heterocycles. The number of carbonyl (C=O) groups is 2. The summed E-state index contributed by atoms with van der Waals surface area (Å²) < 4.78 is 0. The van der Waals surface area contributed by atoms with E-state index in [0.29, 0.717) is 16.3 Å². The van der Waals surface area contributed by atoms with Crippen LogP contribution in [0.5, 0.6) is 0 Å². The van der Waals surface area contributed by atoms with E-state index in [-0.39, 0.29) is 22.9 Å². The lowest BCUT2D eigenvalue weighted by Crippen LogP contribution is -2.56. The highest BCUT2D eigenvalue weighted by Gasteiger charge is 2.39. The molecule has 30 heavy (non-hydrogen) atoms. The maximum absolute atomic E-state index is 13.1. The number of hydrogen-bond donors (Lipinski definition) is 0. The van der Waals surface area contributed by atoms with Crippen molar-refractivity contribution in [2.24, 2.45) is 0 Å². The average Bonchev–Trinajstić information content (AvgIpc) is 2.72. The fourth-order valence-electron chi connectivity index (χ4n) is 2.93. The molecule has 1 fully saturated rings. The maximum atomic E-state index is 13.1. The Hall–Kier alpha value is -3.36. The van der Waals surface area contributed by atoms with Crippen molar-refractivity contribution in [1.82, 2.24) is 4.90 Å². The number of hydrogen-bond acceptors (Lipinski definition) is 5. The molecule has 152 valence electrons. The predicted molar refractivity (Wildman–Crippen MR) is 119 cm³/mol. The molecular weight excluding hydrogens is 426 g/mol. The zero-order valence-electron chi connectivity index (χ0n) is 15.8. The van der Waals surface area contributed by atoms with E-state index in [9.17, 15) is 19.7 Å². The van der Waals surface area contributed by atoms with E-state index >= 15 is 0 Å². The first-order valence-electron chi connectivity index (χ1n) is 8.92. The van der Waals surface area contributed by atoms with E-state index < -0.39 is 16.7 Å². The van der Waals surface area contributed by atoms with Gasteiger partial charge in [0.2, 0.25) is 0 Å². The molecule has 2 amide bonds. The normalized spacial score (nSPS) is 16.1. The highest BCUT2D eigenvalue weighted by atomic mass is 35.5. The molecule has 2 aromatic rings. The number of rotatable bonds is 5. The van der Waals surface area contributed by atoms with E-state index in [0.717, 1.165) is 0 Å². The Bertz CT molecular complexity index is 1100. The number of allylic oxidation sites excluding steroid dienone is 2. The standard InChI is InChI=1S/C21H16ClN3O4S/c1-2-23-19(26)17(8-5-7-14-6-3-4-9-18(14)25(28)29)20(27)24(21(23)30)16-12-10-15(22)11-13-16/h3-13H,2H2,1H3/b7-5+,17-8+. The number of nitro groups is 1. The van der Waals surface area contributed by atoms with Crippen molar-refractivity contribution in [2.45, 2.75) is 6.92 Å². The molecule has 0 bridgehead atoms. The first kappa shape index (κ1) is 21.4. The Morgan fingerprint density at radius 1 is 1.10 bits per heavy atom. The van der Waals surface area contributed by atoms with E-state index in [4.69, 9.17) is 23.8 Å². The van der Waals surface area contributed by atoms with Gasteiger partial charge in [-0.1, -0.05) is 29.8 Å². The summed E-state index contributed by atoms with van der Waals surface area (Å²) in [7, 11) is 0. The highest BCUT2D eigenvalue weighted by Crippen LogP contribution is 2.26. The Morgan fingerprint density at radius 2 is 1.77 bits per heavy atom. The second-order valence-electron chi connectivity index (χ2n) is 6.20. The molecule has 1 heterocycles. The van der Waals surface area contributed by atoms with Crippen molar-refractivity contribution in [3.63, 3.8) is 0 Å². The predicted octanol–water partition coefficient (Wildman–Crippen LogP) is 4.37. The van der Waals surface area contributed by atoms with Crippen LogP contribution in [0.25, 0.3) is 6.08 Å². The van der Waals surface area contributed by atoms with Crippen LogP contribution in [-0.2, 0) is 9.59 Å². The van der Waals surface area contributed by atoms with Gasteiger partial charge in [-0.05, 0) is 61.6 Å². The molecule has 2 aromatic carbocycles. The topological polar surface area (TPSA) is 83.8 Å². The van der Waals surface area contributed by atoms with Crippen LogP contribution in [0.1, 0.15) is 12.5 Å². The Morgan fingerprint density at radius 3 is 2.40 bits per heavy atom. The highest BCUT2D eigenvalue weighted by molar-refractivity contribution is 7.80. The summed E-state index contributed by atoms with van der Waals surface area (Å²) in [5.74, 6) is -1.10. The van der Waals surface area contributed by atoms with E-state index in [1.54, 1.807) is 49.4 Å². The van der Waals surface area contributed by atoms with Crippen LogP contribution in [-0.4, -0.2) is 33.3 Å². The van der Waals surface area contributed by atoms with Crippen LogP contribution in [0.4, 0.5) is 11.4 Å². The fraction of sp³-hybridized carbons (Fsp3) is 0.0952. The monoisotopic (exact) mass is 441 g/mol. The van der Waals surface area contributed by atoms with Crippen molar-refractivity contribution in [3.8, 4) is 0 Å².